The van der Waals surface area contributed by atoms with Crippen molar-refractivity contribution in [1.29, 1.82) is 0 Å². The van der Waals surface area contributed by atoms with Crippen molar-refractivity contribution in [2.75, 3.05) is 6.61 Å². The van der Waals surface area contributed by atoms with Crippen LogP contribution in [0.15, 0.2) is 36.4 Å². The van der Waals surface area contributed by atoms with Crippen molar-refractivity contribution >= 4 is 6.29 Å². The molecule has 2 aromatic carbocycles. The van der Waals surface area contributed by atoms with Crippen molar-refractivity contribution in [2.45, 2.75) is 19.8 Å². The lowest BCUT2D eigenvalue weighted by Crippen LogP contribution is -2.08. The predicted molar refractivity (Wildman–Crippen MR) is 75.8 cm³/mol. The molecule has 0 spiro atoms. The SMILES string of the molecule is Cc1cc(C=O)ccc1-c1ccc2c(c1)CCCO2. The number of hydrogen-bond donors (Lipinski definition) is 0. The molecule has 2 nitrogen and oxygen atoms in total. The van der Waals surface area contributed by atoms with E-state index in [9.17, 15) is 4.79 Å². The lowest BCUT2D eigenvalue weighted by atomic mass is 9.95. The van der Waals surface area contributed by atoms with Gasteiger partial charge in [0.05, 0.1) is 6.61 Å². The minimum absolute atomic E-state index is 0.725. The van der Waals surface area contributed by atoms with Gasteiger partial charge in [-0.1, -0.05) is 18.2 Å². The quantitative estimate of drug-likeness (QED) is 0.760. The predicted octanol–water partition coefficient (Wildman–Crippen LogP) is 3.80. The highest BCUT2D eigenvalue weighted by molar-refractivity contribution is 5.79. The van der Waals surface area contributed by atoms with Crippen LogP contribution in [0, 0.1) is 6.92 Å². The molecule has 1 aliphatic rings. The third-order valence-corrected chi connectivity index (χ3v) is 3.61. The van der Waals surface area contributed by atoms with Gasteiger partial charge in [-0.25, -0.2) is 0 Å². The highest BCUT2D eigenvalue weighted by Crippen LogP contribution is 2.31. The van der Waals surface area contributed by atoms with Crippen molar-refractivity contribution < 1.29 is 9.53 Å². The molecule has 0 N–H and O–H groups in total. The summed E-state index contributed by atoms with van der Waals surface area (Å²) in [5, 5.41) is 0. The Morgan fingerprint density at radius 3 is 2.84 bits per heavy atom. The molecule has 2 aromatic rings. The van der Waals surface area contributed by atoms with Crippen LogP contribution >= 0.6 is 0 Å². The summed E-state index contributed by atoms with van der Waals surface area (Å²) in [7, 11) is 0. The van der Waals surface area contributed by atoms with E-state index in [1.54, 1.807) is 0 Å². The number of carbonyl (C=O) groups excluding carboxylic acids is 1. The van der Waals surface area contributed by atoms with Gasteiger partial charge >= 0.3 is 0 Å². The number of aldehydes is 1. The highest BCUT2D eigenvalue weighted by atomic mass is 16.5. The fourth-order valence-corrected chi connectivity index (χ4v) is 2.61. The summed E-state index contributed by atoms with van der Waals surface area (Å²) in [6, 6.07) is 12.2. The third-order valence-electron chi connectivity index (χ3n) is 3.61. The lowest BCUT2D eigenvalue weighted by Gasteiger charge is -2.18. The van der Waals surface area contributed by atoms with E-state index in [-0.39, 0.29) is 0 Å². The van der Waals surface area contributed by atoms with Gasteiger partial charge in [0.15, 0.2) is 0 Å². The van der Waals surface area contributed by atoms with Crippen molar-refractivity contribution in [3.63, 3.8) is 0 Å². The van der Waals surface area contributed by atoms with Crippen LogP contribution in [0.25, 0.3) is 11.1 Å². The molecular weight excluding hydrogens is 236 g/mol. The Morgan fingerprint density at radius 2 is 2.05 bits per heavy atom. The summed E-state index contributed by atoms with van der Waals surface area (Å²) < 4.78 is 5.63. The largest absolute Gasteiger partial charge is 0.493 e. The summed E-state index contributed by atoms with van der Waals surface area (Å²) >= 11 is 0. The molecule has 0 unspecified atom stereocenters. The number of ether oxygens (including phenoxy) is 1. The van der Waals surface area contributed by atoms with E-state index < -0.39 is 0 Å². The molecule has 96 valence electrons. The molecule has 0 amide bonds. The molecule has 0 aromatic heterocycles. The number of carbonyl (C=O) groups is 1. The summed E-state index contributed by atoms with van der Waals surface area (Å²) in [6.07, 6.45) is 3.05. The Bertz CT molecular complexity index is 629. The van der Waals surface area contributed by atoms with Gasteiger partial charge in [0.2, 0.25) is 0 Å². The summed E-state index contributed by atoms with van der Waals surface area (Å²) in [6.45, 7) is 2.86. The molecule has 3 rings (SSSR count). The van der Waals surface area contributed by atoms with Gasteiger partial charge in [0, 0.05) is 5.56 Å². The van der Waals surface area contributed by atoms with Gasteiger partial charge in [0.1, 0.15) is 12.0 Å². The van der Waals surface area contributed by atoms with Gasteiger partial charge < -0.3 is 4.74 Å². The molecule has 1 heterocycles. The number of hydrogen-bond acceptors (Lipinski definition) is 2. The van der Waals surface area contributed by atoms with E-state index in [0.717, 1.165) is 42.6 Å². The Labute approximate surface area is 113 Å². The van der Waals surface area contributed by atoms with E-state index in [2.05, 4.69) is 18.2 Å². The topological polar surface area (TPSA) is 26.3 Å². The molecule has 0 radical (unpaired) electrons. The maximum absolute atomic E-state index is 10.8. The van der Waals surface area contributed by atoms with Crippen LogP contribution in [-0.4, -0.2) is 12.9 Å². The van der Waals surface area contributed by atoms with Crippen molar-refractivity contribution in [3.8, 4) is 16.9 Å². The smallest absolute Gasteiger partial charge is 0.150 e. The second-order valence-electron chi connectivity index (χ2n) is 4.97. The molecule has 0 fully saturated rings. The van der Waals surface area contributed by atoms with Gasteiger partial charge in [-0.3, -0.25) is 4.79 Å². The first-order valence-electron chi connectivity index (χ1n) is 6.60. The van der Waals surface area contributed by atoms with Crippen LogP contribution in [-0.2, 0) is 6.42 Å². The maximum Gasteiger partial charge on any atom is 0.150 e. The van der Waals surface area contributed by atoms with Crippen molar-refractivity contribution in [2.24, 2.45) is 0 Å². The monoisotopic (exact) mass is 252 g/mol. The first-order chi connectivity index (χ1) is 9.28. The first-order valence-corrected chi connectivity index (χ1v) is 6.60. The van der Waals surface area contributed by atoms with E-state index in [4.69, 9.17) is 4.74 Å². The van der Waals surface area contributed by atoms with Crippen LogP contribution < -0.4 is 4.74 Å². The zero-order chi connectivity index (χ0) is 13.2. The second-order valence-corrected chi connectivity index (χ2v) is 4.97. The zero-order valence-electron chi connectivity index (χ0n) is 11.0. The van der Waals surface area contributed by atoms with Gasteiger partial charge in [0.25, 0.3) is 0 Å². The van der Waals surface area contributed by atoms with Crippen LogP contribution in [0.3, 0.4) is 0 Å². The molecule has 2 heteroatoms. The molecule has 0 atom stereocenters. The maximum atomic E-state index is 10.8. The standard InChI is InChI=1S/C17H16O2/c1-12-9-13(11-18)4-6-16(12)14-5-7-17-15(10-14)3-2-8-19-17/h4-7,9-11H,2-3,8H2,1H3. The summed E-state index contributed by atoms with van der Waals surface area (Å²) in [5.41, 5.74) is 5.50. The summed E-state index contributed by atoms with van der Waals surface area (Å²) in [4.78, 5) is 10.8. The average Bonchev–Trinajstić information content (AvgIpc) is 2.46. The van der Waals surface area contributed by atoms with Crippen molar-refractivity contribution in [3.05, 3.63) is 53.1 Å². The number of rotatable bonds is 2. The van der Waals surface area contributed by atoms with E-state index >= 15 is 0 Å². The normalized spacial score (nSPS) is 13.5. The average molecular weight is 252 g/mol. The lowest BCUT2D eigenvalue weighted by molar-refractivity contribution is 0.112. The zero-order valence-corrected chi connectivity index (χ0v) is 11.0. The van der Waals surface area contributed by atoms with Gasteiger partial charge in [-0.2, -0.15) is 0 Å². The minimum Gasteiger partial charge on any atom is -0.493 e. The molecule has 0 saturated heterocycles. The molecule has 0 bridgehead atoms. The van der Waals surface area contributed by atoms with Crippen LogP contribution in [0.5, 0.6) is 5.75 Å². The third kappa shape index (κ3) is 2.26. The Kier molecular flexibility index (Phi) is 3.08. The fraction of sp³-hybridized carbons (Fsp3) is 0.235. The molecular formula is C17H16O2. The Hall–Kier alpha value is -2.09. The van der Waals surface area contributed by atoms with Gasteiger partial charge in [-0.15, -0.1) is 0 Å². The van der Waals surface area contributed by atoms with E-state index in [0.29, 0.717) is 0 Å². The molecule has 0 saturated carbocycles. The van der Waals surface area contributed by atoms with Crippen LogP contribution in [0.4, 0.5) is 0 Å². The molecule has 0 aliphatic carbocycles. The van der Waals surface area contributed by atoms with Crippen LogP contribution in [0.2, 0.25) is 0 Å². The van der Waals surface area contributed by atoms with E-state index in [1.165, 1.54) is 16.7 Å². The van der Waals surface area contributed by atoms with Crippen LogP contribution in [0.1, 0.15) is 27.9 Å². The minimum atomic E-state index is 0.725. The van der Waals surface area contributed by atoms with Gasteiger partial charge in [-0.05, 0) is 60.2 Å². The fourth-order valence-electron chi connectivity index (χ4n) is 2.61. The first kappa shape index (κ1) is 12.0. The Morgan fingerprint density at radius 1 is 1.16 bits per heavy atom. The summed E-state index contributed by atoms with van der Waals surface area (Å²) in [5.74, 6) is 1.01. The highest BCUT2D eigenvalue weighted by Gasteiger charge is 2.12. The second kappa shape index (κ2) is 4.88. The van der Waals surface area contributed by atoms with E-state index in [1.807, 2.05) is 25.1 Å². The Balaban J connectivity index is 2.04. The number of benzene rings is 2. The van der Waals surface area contributed by atoms with Crippen molar-refractivity contribution in [1.82, 2.24) is 0 Å². The number of aryl methyl sites for hydroxylation is 2. The molecule has 19 heavy (non-hydrogen) atoms. The number of fused-ring (bicyclic) bond motifs is 1. The molecule has 1 aliphatic heterocycles.